The average molecular weight is 621 g/mol. The number of thioether (sulfide) groups is 1. The van der Waals surface area contributed by atoms with Gasteiger partial charge in [-0.3, -0.25) is 14.5 Å². The molecule has 5 rings (SSSR count). The van der Waals surface area contributed by atoms with E-state index in [0.717, 1.165) is 69.2 Å². The number of nitrogens with zero attached hydrogens (tertiary/aromatic N) is 5. The Morgan fingerprint density at radius 3 is 2.78 bits per heavy atom. The van der Waals surface area contributed by atoms with Gasteiger partial charge in [0.1, 0.15) is 11.6 Å². The summed E-state index contributed by atoms with van der Waals surface area (Å²) in [5.41, 5.74) is 2.48. The number of likely N-dealkylation sites (tertiary alicyclic amines) is 1. The number of amides is 1. The molecule has 1 amide bonds. The van der Waals surface area contributed by atoms with E-state index in [4.69, 9.17) is 9.72 Å². The molecule has 3 aromatic rings. The molecule has 2 aliphatic heterocycles. The van der Waals surface area contributed by atoms with Crippen molar-refractivity contribution in [2.24, 2.45) is 0 Å². The van der Waals surface area contributed by atoms with Crippen LogP contribution in [0.15, 0.2) is 40.2 Å². The van der Waals surface area contributed by atoms with Crippen LogP contribution < -0.4 is 20.5 Å². The number of benzene rings is 1. The van der Waals surface area contributed by atoms with Crippen molar-refractivity contribution in [2.75, 3.05) is 44.4 Å². The second-order valence-electron chi connectivity index (χ2n) is 9.08. The summed E-state index contributed by atoms with van der Waals surface area (Å²) in [6.45, 7) is 4.06. The molecule has 2 aliphatic rings. The van der Waals surface area contributed by atoms with Crippen LogP contribution in [0.1, 0.15) is 18.5 Å². The van der Waals surface area contributed by atoms with Crippen molar-refractivity contribution in [3.63, 3.8) is 0 Å². The molecule has 0 unspecified atom stereocenters. The van der Waals surface area contributed by atoms with Crippen molar-refractivity contribution >= 4 is 57.1 Å². The molecule has 0 aliphatic carbocycles. The Bertz CT molecular complexity index is 1340. The fraction of sp³-hybridized carbons (Fsp3) is 0.440. The number of rotatable bonds is 7. The maximum Gasteiger partial charge on any atom is 0.269 e. The highest BCUT2D eigenvalue weighted by Crippen LogP contribution is 2.34. The number of aromatic nitrogens is 3. The summed E-state index contributed by atoms with van der Waals surface area (Å²) in [6.07, 6.45) is 3.47. The topological polar surface area (TPSA) is 92.6 Å². The first-order valence-electron chi connectivity index (χ1n) is 12.0. The predicted molar refractivity (Wildman–Crippen MR) is 150 cm³/mol. The summed E-state index contributed by atoms with van der Waals surface area (Å²) in [4.78, 5) is 38.8. The largest absolute Gasteiger partial charge is 0.497 e. The Hall–Kier alpha value is -2.22. The molecule has 0 saturated carbocycles. The van der Waals surface area contributed by atoms with E-state index in [-0.39, 0.29) is 11.5 Å². The number of halogens is 1. The number of hydrogen-bond acceptors (Lipinski definition) is 8. The molecule has 0 atom stereocenters. The lowest BCUT2D eigenvalue weighted by Crippen LogP contribution is -2.43. The molecule has 4 heterocycles. The second-order valence-corrected chi connectivity index (χ2v) is 11.3. The van der Waals surface area contributed by atoms with Gasteiger partial charge in [0.2, 0.25) is 5.91 Å². The van der Waals surface area contributed by atoms with Crippen LogP contribution in [0.5, 0.6) is 5.75 Å². The third-order valence-corrected chi connectivity index (χ3v) is 8.81. The highest BCUT2D eigenvalue weighted by molar-refractivity contribution is 14.1. The van der Waals surface area contributed by atoms with E-state index in [1.54, 1.807) is 35.4 Å². The van der Waals surface area contributed by atoms with Gasteiger partial charge >= 0.3 is 0 Å². The molecular weight excluding hydrogens is 591 g/mol. The van der Waals surface area contributed by atoms with E-state index in [2.05, 4.69) is 43.9 Å². The summed E-state index contributed by atoms with van der Waals surface area (Å²) in [7, 11) is 3.42. The first-order chi connectivity index (χ1) is 17.4. The van der Waals surface area contributed by atoms with E-state index in [0.29, 0.717) is 24.9 Å². The van der Waals surface area contributed by atoms with Gasteiger partial charge in [0.15, 0.2) is 0 Å². The van der Waals surface area contributed by atoms with Crippen LogP contribution >= 0.6 is 34.4 Å². The number of methoxy groups -OCH3 is 1. The zero-order chi connectivity index (χ0) is 25.2. The maximum atomic E-state index is 12.5. The van der Waals surface area contributed by atoms with Crippen LogP contribution in [0.25, 0.3) is 11.0 Å². The standard InChI is InChI=1S/C25H29IN6O3S/c1-30-24(34)15-36-22-12-18(26)20(29-25(22)30)13-27-16-5-7-31(8-6-16)9-10-32-21-11-17(35-2)3-4-19(21)28-14-23(32)33/h3-4,11-12,14,16,27H,5-10,13,15H2,1-2H3. The number of hydrogen-bond donors (Lipinski definition) is 1. The molecule has 190 valence electrons. The van der Waals surface area contributed by atoms with Gasteiger partial charge in [0, 0.05) is 42.4 Å². The van der Waals surface area contributed by atoms with Gasteiger partial charge in [-0.25, -0.2) is 9.97 Å². The molecule has 0 spiro atoms. The predicted octanol–water partition coefficient (Wildman–Crippen LogP) is 2.73. The van der Waals surface area contributed by atoms with E-state index in [9.17, 15) is 9.59 Å². The molecule has 1 saturated heterocycles. The minimum absolute atomic E-state index is 0.0913. The number of ether oxygens (including phenoxy) is 1. The van der Waals surface area contributed by atoms with E-state index >= 15 is 0 Å². The zero-order valence-electron chi connectivity index (χ0n) is 20.4. The molecule has 11 heteroatoms. The minimum atomic E-state index is -0.0924. The zero-order valence-corrected chi connectivity index (χ0v) is 23.3. The number of carbonyl (C=O) groups excluding carboxylic acids is 1. The van der Waals surface area contributed by atoms with Crippen molar-refractivity contribution in [1.29, 1.82) is 0 Å². The smallest absolute Gasteiger partial charge is 0.269 e. The fourth-order valence-electron chi connectivity index (χ4n) is 4.67. The highest BCUT2D eigenvalue weighted by Gasteiger charge is 2.25. The number of fused-ring (bicyclic) bond motifs is 2. The summed E-state index contributed by atoms with van der Waals surface area (Å²) in [6, 6.07) is 8.17. The molecule has 0 radical (unpaired) electrons. The Kier molecular flexibility index (Phi) is 7.79. The Labute approximate surface area is 227 Å². The van der Waals surface area contributed by atoms with E-state index in [1.807, 2.05) is 18.2 Å². The maximum absolute atomic E-state index is 12.5. The van der Waals surface area contributed by atoms with Gasteiger partial charge in [-0.2, -0.15) is 0 Å². The molecule has 1 N–H and O–H groups in total. The van der Waals surface area contributed by atoms with E-state index < -0.39 is 0 Å². The van der Waals surface area contributed by atoms with Crippen molar-refractivity contribution in [3.05, 3.63) is 50.1 Å². The molecule has 1 aromatic carbocycles. The van der Waals surface area contributed by atoms with Gasteiger partial charge in [-0.15, -0.1) is 11.8 Å². The highest BCUT2D eigenvalue weighted by atomic mass is 127. The lowest BCUT2D eigenvalue weighted by atomic mass is 10.0. The van der Waals surface area contributed by atoms with E-state index in [1.165, 1.54) is 6.20 Å². The van der Waals surface area contributed by atoms with Crippen LogP contribution in [0.4, 0.5) is 5.82 Å². The Morgan fingerprint density at radius 1 is 1.19 bits per heavy atom. The third-order valence-electron chi connectivity index (χ3n) is 6.88. The van der Waals surface area contributed by atoms with Gasteiger partial charge in [-0.05, 0) is 66.7 Å². The quantitative estimate of drug-likeness (QED) is 0.404. The van der Waals surface area contributed by atoms with Crippen LogP contribution in [0.2, 0.25) is 0 Å². The van der Waals surface area contributed by atoms with Gasteiger partial charge in [0.25, 0.3) is 5.56 Å². The monoisotopic (exact) mass is 620 g/mol. The SMILES string of the molecule is COc1ccc2ncc(=O)n(CCN3CCC(NCc4nc5c(cc4I)SCC(=O)N5C)CC3)c2c1. The van der Waals surface area contributed by atoms with Gasteiger partial charge < -0.3 is 19.5 Å². The van der Waals surface area contributed by atoms with Crippen molar-refractivity contribution in [3.8, 4) is 5.75 Å². The Morgan fingerprint density at radius 2 is 2.00 bits per heavy atom. The lowest BCUT2D eigenvalue weighted by molar-refractivity contribution is -0.116. The van der Waals surface area contributed by atoms with Crippen LogP contribution in [0, 0.1) is 3.57 Å². The van der Waals surface area contributed by atoms with Crippen molar-refractivity contribution < 1.29 is 9.53 Å². The van der Waals surface area contributed by atoms with Crippen molar-refractivity contribution in [2.45, 2.75) is 36.9 Å². The van der Waals surface area contributed by atoms with Crippen molar-refractivity contribution in [1.82, 2.24) is 24.8 Å². The first kappa shape index (κ1) is 25.4. The minimum Gasteiger partial charge on any atom is -0.497 e. The molecular formula is C25H29IN6O3S. The summed E-state index contributed by atoms with van der Waals surface area (Å²) >= 11 is 3.90. The summed E-state index contributed by atoms with van der Waals surface area (Å²) in [5.74, 6) is 2.04. The summed E-state index contributed by atoms with van der Waals surface area (Å²) < 4.78 is 8.25. The van der Waals surface area contributed by atoms with Crippen LogP contribution in [-0.4, -0.2) is 70.9 Å². The average Bonchev–Trinajstić information content (AvgIpc) is 2.89. The molecule has 2 aromatic heterocycles. The number of nitrogens with one attached hydrogen (secondary N) is 1. The normalized spacial score (nSPS) is 17.0. The summed E-state index contributed by atoms with van der Waals surface area (Å²) in [5, 5.41) is 3.67. The Balaban J connectivity index is 1.16. The van der Waals surface area contributed by atoms with Crippen LogP contribution in [-0.2, 0) is 17.9 Å². The third kappa shape index (κ3) is 5.38. The van der Waals surface area contributed by atoms with Gasteiger partial charge in [0.05, 0.1) is 40.7 Å². The number of anilines is 1. The number of pyridine rings is 1. The molecule has 0 bridgehead atoms. The molecule has 9 nitrogen and oxygen atoms in total. The number of carbonyl (C=O) groups is 1. The van der Waals surface area contributed by atoms with Crippen LogP contribution in [0.3, 0.4) is 0 Å². The second kappa shape index (κ2) is 11.0. The fourth-order valence-corrected chi connectivity index (χ4v) is 6.49. The molecule has 1 fully saturated rings. The van der Waals surface area contributed by atoms with Gasteiger partial charge in [-0.1, -0.05) is 0 Å². The first-order valence-corrected chi connectivity index (χ1v) is 14.1. The number of piperidine rings is 1. The molecule has 36 heavy (non-hydrogen) atoms. The lowest BCUT2D eigenvalue weighted by Gasteiger charge is -2.32.